The van der Waals surface area contributed by atoms with Crippen LogP contribution in [-0.2, 0) is 50.7 Å². The van der Waals surface area contributed by atoms with Gasteiger partial charge in [0.25, 0.3) is 5.71 Å². The second-order valence-corrected chi connectivity index (χ2v) is 19.6. The van der Waals surface area contributed by atoms with E-state index in [2.05, 4.69) is 41.4 Å². The average molecular weight is 913 g/mol. The number of aliphatic imine (C=N–C) groups is 3. The lowest BCUT2D eigenvalue weighted by atomic mass is 9.87. The van der Waals surface area contributed by atoms with Crippen LogP contribution in [0.4, 0.5) is 0 Å². The molecule has 1 fully saturated rings. The molecule has 3 rings (SSSR count). The van der Waals surface area contributed by atoms with Crippen LogP contribution >= 0.6 is 47.0 Å². The molecule has 3 aliphatic heterocycles. The van der Waals surface area contributed by atoms with Crippen LogP contribution in [0.1, 0.15) is 46.5 Å². The van der Waals surface area contributed by atoms with Gasteiger partial charge >= 0.3 is 29.3 Å². The summed E-state index contributed by atoms with van der Waals surface area (Å²) in [6, 6.07) is 0. The highest BCUT2D eigenvalue weighted by atomic mass is 32.2. The molecule has 0 aliphatic carbocycles. The van der Waals surface area contributed by atoms with Crippen LogP contribution in [0.2, 0.25) is 0 Å². The minimum absolute atomic E-state index is 0.0146. The Morgan fingerprint density at radius 1 is 1.07 bits per heavy atom. The second kappa shape index (κ2) is 22.0. The number of aliphatic hydroxyl groups is 2. The topological polar surface area (TPSA) is 360 Å². The van der Waals surface area contributed by atoms with E-state index in [-0.39, 0.29) is 48.7 Å². The molecule has 324 valence electrons. The Balaban J connectivity index is 1.43. The van der Waals surface area contributed by atoms with Gasteiger partial charge in [0.2, 0.25) is 24.4 Å². The largest absolute Gasteiger partial charge is 0.481 e. The summed E-state index contributed by atoms with van der Waals surface area (Å²) < 4.78 is 62.2. The fraction of sp³-hybridized carbons (Fsp3) is 0.750. The van der Waals surface area contributed by atoms with Crippen molar-refractivity contribution >= 4 is 87.6 Å². The van der Waals surface area contributed by atoms with Crippen LogP contribution in [0, 0.1) is 5.41 Å². The van der Waals surface area contributed by atoms with Crippen molar-refractivity contribution in [2.24, 2.45) is 26.1 Å². The van der Waals surface area contributed by atoms with Crippen LogP contribution in [0.5, 0.6) is 0 Å². The Bertz CT molecular complexity index is 1730. The molecule has 1 saturated heterocycles. The Kier molecular flexibility index (Phi) is 19.1. The first-order chi connectivity index (χ1) is 26.6. The monoisotopic (exact) mass is 912 g/mol. The predicted octanol–water partition coefficient (Wildman–Crippen LogP) is -0.784. The molecule has 57 heavy (non-hydrogen) atoms. The highest BCUT2D eigenvalue weighted by Crippen LogP contribution is 2.61. The molecule has 3 aliphatic rings. The smallest absolute Gasteiger partial charge is 0.384 e. The maximum absolute atomic E-state index is 12.7. The molecule has 0 spiro atoms. The van der Waals surface area contributed by atoms with Gasteiger partial charge in [0.1, 0.15) is 24.4 Å². The zero-order valence-corrected chi connectivity index (χ0v) is 35.5. The third-order valence-electron chi connectivity index (χ3n) is 7.96. The molecule has 2 unspecified atom stereocenters. The summed E-state index contributed by atoms with van der Waals surface area (Å²) in [6.45, 7) is 2.56. The number of amidine groups is 2. The zero-order chi connectivity index (χ0) is 42.6. The standard InChI is InChI=1S/C28H48N7O17P3S2/c1-4-5-6-10-56-13-19(37)57-11-9-30-18(36)7-8-31-26(40)23(39)28(2,3)14-49-55(46,47)52-54(44,45)48-12-17-22(51-53(41,42)43)21(38)27(50-17)35-16-34-20-24(29)32-15-33-25(20)35/h16-17,21-23,27,38-39H,4-15H2,1-3H3,(H7-,29,30,31,32,36,40,41,42,43,44,45,46,47)/p+1/t17-,21-,22-,23+,27-/m1/s1. The number of nitrogens with one attached hydrogen (secondary N) is 2. The summed E-state index contributed by atoms with van der Waals surface area (Å²) in [5.74, 6) is 0.404. The second-order valence-electron chi connectivity index (χ2n) is 13.1. The number of nitrogens with two attached hydrogens (primary N) is 1. The number of aliphatic hydroxyl groups excluding tert-OH is 2. The Morgan fingerprint density at radius 3 is 2.46 bits per heavy atom. The molecule has 0 aromatic heterocycles. The van der Waals surface area contributed by atoms with E-state index in [4.69, 9.17) is 19.5 Å². The Morgan fingerprint density at radius 2 is 1.77 bits per heavy atom. The van der Waals surface area contributed by atoms with Crippen LogP contribution < -0.4 is 16.4 Å². The quantitative estimate of drug-likeness (QED) is 0.0308. The van der Waals surface area contributed by atoms with E-state index in [1.165, 1.54) is 13.8 Å². The number of nitrogens with zero attached hydrogens (tertiary/aromatic N) is 4. The van der Waals surface area contributed by atoms with Crippen molar-refractivity contribution in [1.29, 1.82) is 0 Å². The summed E-state index contributed by atoms with van der Waals surface area (Å²) in [6.07, 6.45) is -4.60. The first kappa shape index (κ1) is 49.4. The lowest BCUT2D eigenvalue weighted by molar-refractivity contribution is -0.517. The van der Waals surface area contributed by atoms with Gasteiger partial charge in [-0.15, -0.1) is 9.98 Å². The van der Waals surface area contributed by atoms with Crippen LogP contribution in [-0.4, -0.2) is 156 Å². The summed E-state index contributed by atoms with van der Waals surface area (Å²) in [5.41, 5.74) is 4.30. The SMILES string of the molecule is CCCCCSCC(=O)SCCNC(=O)CCNC(=O)[C@H](O)C(C)(C)COP(=O)(O)OP(=O)(O)OC[C@H]1O[C@@H]([N+]2=CN=C3C(N)=NCN=C32)[C@H](O)[C@@H]1OP(=O)(O)O. The number of phosphoric ester groups is 3. The number of fused-ring (bicyclic) bond motifs is 1. The fourth-order valence-corrected chi connectivity index (χ4v) is 9.58. The van der Waals surface area contributed by atoms with E-state index in [1.54, 1.807) is 11.8 Å². The molecule has 7 atom stereocenters. The number of phosphoric acid groups is 3. The molecular weight excluding hydrogens is 863 g/mol. The number of unbranched alkanes of at least 4 members (excludes halogenated alkanes) is 2. The number of amides is 2. The molecular formula is C28H49N7O17P3S2+. The van der Waals surface area contributed by atoms with E-state index < -0.39 is 84.6 Å². The maximum atomic E-state index is 12.7. The number of hydrogen-bond acceptors (Lipinski definition) is 19. The minimum Gasteiger partial charge on any atom is -0.384 e. The molecule has 0 aromatic carbocycles. The molecule has 3 heterocycles. The number of hydrogen-bond donors (Lipinski definition) is 9. The van der Waals surface area contributed by atoms with Gasteiger partial charge in [-0.3, -0.25) is 28.0 Å². The van der Waals surface area contributed by atoms with Crippen molar-refractivity contribution in [3.63, 3.8) is 0 Å². The van der Waals surface area contributed by atoms with Gasteiger partial charge in [-0.05, 0) is 12.2 Å². The number of thioether (sulfide) groups is 2. The molecule has 0 aromatic rings. The molecule has 24 nitrogen and oxygen atoms in total. The summed E-state index contributed by atoms with van der Waals surface area (Å²) in [7, 11) is -16.4. The van der Waals surface area contributed by atoms with Crippen LogP contribution in [0.25, 0.3) is 0 Å². The lowest BCUT2D eigenvalue weighted by Crippen LogP contribution is -2.46. The average Bonchev–Trinajstić information content (AvgIpc) is 3.68. The van der Waals surface area contributed by atoms with E-state index >= 15 is 0 Å². The molecule has 10 N–H and O–H groups in total. The zero-order valence-electron chi connectivity index (χ0n) is 31.1. The van der Waals surface area contributed by atoms with Gasteiger partial charge in [0.15, 0.2) is 17.6 Å². The van der Waals surface area contributed by atoms with E-state index in [0.717, 1.165) is 47.7 Å². The normalized spacial score (nSPS) is 23.6. The molecule has 0 saturated carbocycles. The van der Waals surface area contributed by atoms with E-state index in [0.29, 0.717) is 11.5 Å². The fourth-order valence-electron chi connectivity index (χ4n) is 5.02. The van der Waals surface area contributed by atoms with Crippen LogP contribution in [0.3, 0.4) is 0 Å². The number of carbonyl (C=O) groups excluding carboxylic acids is 3. The first-order valence-corrected chi connectivity index (χ1v) is 24.0. The van der Waals surface area contributed by atoms with Gasteiger partial charge in [-0.1, -0.05) is 45.4 Å². The van der Waals surface area contributed by atoms with Gasteiger partial charge in [0, 0.05) is 30.7 Å². The van der Waals surface area contributed by atoms with Crippen molar-refractivity contribution in [3.8, 4) is 0 Å². The van der Waals surface area contributed by atoms with Gasteiger partial charge in [-0.2, -0.15) is 16.1 Å². The minimum atomic E-state index is -5.56. The van der Waals surface area contributed by atoms with Crippen molar-refractivity contribution in [2.75, 3.05) is 50.2 Å². The third kappa shape index (κ3) is 16.2. The van der Waals surface area contributed by atoms with Crippen molar-refractivity contribution in [3.05, 3.63) is 0 Å². The number of ether oxygens (including phenoxy) is 1. The van der Waals surface area contributed by atoms with Crippen molar-refractivity contribution < 1.29 is 85.1 Å². The van der Waals surface area contributed by atoms with Gasteiger partial charge in [0.05, 0.1) is 19.0 Å². The maximum Gasteiger partial charge on any atom is 0.481 e. The molecule has 0 radical (unpaired) electrons. The molecule has 29 heteroatoms. The Hall–Kier alpha value is -1.96. The van der Waals surface area contributed by atoms with Gasteiger partial charge in [-0.25, -0.2) is 23.3 Å². The van der Waals surface area contributed by atoms with Crippen molar-refractivity contribution in [1.82, 2.24) is 10.6 Å². The van der Waals surface area contributed by atoms with E-state index in [9.17, 15) is 57.9 Å². The van der Waals surface area contributed by atoms with Gasteiger partial charge < -0.3 is 50.9 Å². The molecule has 2 amide bonds. The number of carbonyl (C=O) groups is 3. The summed E-state index contributed by atoms with van der Waals surface area (Å²) in [4.78, 5) is 87.9. The number of rotatable bonds is 25. The highest BCUT2D eigenvalue weighted by Gasteiger charge is 2.54. The van der Waals surface area contributed by atoms with Crippen molar-refractivity contribution in [2.45, 2.75) is 77.1 Å². The van der Waals surface area contributed by atoms with Crippen LogP contribution in [0.15, 0.2) is 15.0 Å². The molecule has 0 bridgehead atoms. The summed E-state index contributed by atoms with van der Waals surface area (Å²) >= 11 is 2.69. The first-order valence-electron chi connectivity index (χ1n) is 17.3. The Labute approximate surface area is 336 Å². The third-order valence-corrected chi connectivity index (χ3v) is 13.2. The van der Waals surface area contributed by atoms with E-state index in [1.807, 2.05) is 0 Å². The highest BCUT2D eigenvalue weighted by molar-refractivity contribution is 8.15. The predicted molar refractivity (Wildman–Crippen MR) is 207 cm³/mol. The summed E-state index contributed by atoms with van der Waals surface area (Å²) in [5, 5.41) is 26.4. The lowest BCUT2D eigenvalue weighted by Gasteiger charge is -2.30.